The molecule has 3 amide bonds. The van der Waals surface area contributed by atoms with Crippen molar-refractivity contribution in [2.24, 2.45) is 10.8 Å². The topological polar surface area (TPSA) is 146 Å². The predicted octanol–water partition coefficient (Wildman–Crippen LogP) is 4.13. The van der Waals surface area contributed by atoms with Crippen LogP contribution in [-0.4, -0.2) is 94.2 Å². The van der Waals surface area contributed by atoms with Gasteiger partial charge in [-0.2, -0.15) is 13.5 Å². The Morgan fingerprint density at radius 3 is 1.85 bits per heavy atom. The molecule has 0 N–H and O–H groups in total. The van der Waals surface area contributed by atoms with Crippen LogP contribution < -0.4 is 10.4 Å². The number of hydrogen-bond donors (Lipinski definition) is 0. The lowest BCUT2D eigenvalue weighted by Gasteiger charge is -2.44. The summed E-state index contributed by atoms with van der Waals surface area (Å²) in [6.45, 7) is 16.6. The number of carbonyl (C=O) groups excluding carboxylic acids is 4. The minimum absolute atomic E-state index is 0.0726. The predicted molar refractivity (Wildman–Crippen MR) is 203 cm³/mol. The molecule has 2 aliphatic heterocycles. The number of hydrogen-bond acceptors (Lipinski definition) is 10. The largest absolute Gasteiger partial charge is 0.407 e. The summed E-state index contributed by atoms with van der Waals surface area (Å²) >= 11 is 0. The molecule has 2 aliphatic rings. The van der Waals surface area contributed by atoms with Crippen molar-refractivity contribution >= 4 is 52.5 Å². The maximum absolute atomic E-state index is 13.9. The molecule has 290 valence electrons. The van der Waals surface area contributed by atoms with Crippen LogP contribution in [0.3, 0.4) is 0 Å². The number of amides is 3. The third-order valence-electron chi connectivity index (χ3n) is 10.0. The average Bonchev–Trinajstić information content (AvgIpc) is 3.55. The lowest BCUT2D eigenvalue weighted by Crippen LogP contribution is -2.66. The number of rotatable bonds is 16. The molecule has 0 aliphatic carbocycles. The van der Waals surface area contributed by atoms with Gasteiger partial charge in [-0.3, -0.25) is 28.3 Å². The van der Waals surface area contributed by atoms with Gasteiger partial charge in [0.2, 0.25) is 0 Å². The van der Waals surface area contributed by atoms with E-state index in [1.54, 1.807) is 20.8 Å². The van der Waals surface area contributed by atoms with Crippen molar-refractivity contribution in [3.8, 4) is 0 Å². The Hall–Kier alpha value is -3.69. The number of hydroxylamine groups is 2. The van der Waals surface area contributed by atoms with Crippen LogP contribution in [0.15, 0.2) is 72.8 Å². The van der Waals surface area contributed by atoms with E-state index in [1.165, 1.54) is 0 Å². The van der Waals surface area contributed by atoms with Gasteiger partial charge in [-0.25, -0.2) is 0 Å². The summed E-state index contributed by atoms with van der Waals surface area (Å²) in [5.41, 5.74) is -3.18. The zero-order valence-electron chi connectivity index (χ0n) is 32.3. The summed E-state index contributed by atoms with van der Waals surface area (Å²) in [7, 11) is -6.78. The normalized spacial score (nSPS) is 20.1. The van der Waals surface area contributed by atoms with Crippen LogP contribution in [0.2, 0.25) is 5.04 Å². The first-order chi connectivity index (χ1) is 24.6. The number of benzene rings is 2. The van der Waals surface area contributed by atoms with Crippen LogP contribution in [0.25, 0.3) is 0 Å². The molecule has 4 rings (SSSR count). The van der Waals surface area contributed by atoms with E-state index in [0.717, 1.165) is 39.4 Å². The molecule has 2 atom stereocenters. The molecule has 0 aromatic heterocycles. The molecule has 0 unspecified atom stereocenters. The number of nitrogens with zero attached hydrogens (tertiary/aromatic N) is 2. The zero-order valence-corrected chi connectivity index (χ0v) is 34.2. The molecule has 12 nitrogen and oxygen atoms in total. The highest BCUT2D eigenvalue weighted by molar-refractivity contribution is 7.86. The van der Waals surface area contributed by atoms with Crippen molar-refractivity contribution in [1.29, 1.82) is 0 Å². The van der Waals surface area contributed by atoms with Crippen molar-refractivity contribution in [2.75, 3.05) is 32.2 Å². The number of ether oxygens (including phenoxy) is 1. The van der Waals surface area contributed by atoms with Crippen LogP contribution in [0.5, 0.6) is 0 Å². The van der Waals surface area contributed by atoms with Crippen LogP contribution in [-0.2, 0) is 47.5 Å². The highest BCUT2D eigenvalue weighted by Gasteiger charge is 2.65. The Morgan fingerprint density at radius 2 is 1.38 bits per heavy atom. The first-order valence-corrected chi connectivity index (χ1v) is 21.3. The molecule has 1 saturated heterocycles. The van der Waals surface area contributed by atoms with Crippen molar-refractivity contribution < 1.29 is 45.8 Å². The molecule has 0 saturated carbocycles. The average molecular weight is 771 g/mol. The lowest BCUT2D eigenvalue weighted by atomic mass is 9.70. The van der Waals surface area contributed by atoms with Crippen LogP contribution in [0.4, 0.5) is 0 Å². The Morgan fingerprint density at radius 1 is 0.849 bits per heavy atom. The van der Waals surface area contributed by atoms with E-state index in [2.05, 4.69) is 45.0 Å². The molecule has 0 bridgehead atoms. The van der Waals surface area contributed by atoms with Crippen molar-refractivity contribution in [1.82, 2.24) is 9.96 Å². The van der Waals surface area contributed by atoms with Gasteiger partial charge in [0.1, 0.15) is 5.54 Å². The smallest absolute Gasteiger partial charge is 0.329 e. The van der Waals surface area contributed by atoms with Gasteiger partial charge in [-0.05, 0) is 32.7 Å². The van der Waals surface area contributed by atoms with E-state index in [9.17, 15) is 27.6 Å². The minimum Gasteiger partial charge on any atom is -0.407 e. The van der Waals surface area contributed by atoms with E-state index >= 15 is 0 Å². The SMILES string of the molecule is CC(=O)ON1C(=O)[C@@](N2C(=O)C=CC2=O)(C(C)(C)C)C[C@H]1COCCS(=O)(=O)OCC(C)(C)CCO[Si](c1ccccc1)(c1ccccc1)C(C)(C)C. The molecule has 0 radical (unpaired) electrons. The second kappa shape index (κ2) is 16.0. The van der Waals surface area contributed by atoms with E-state index < -0.39 is 70.3 Å². The molecular weight excluding hydrogens is 717 g/mol. The summed E-state index contributed by atoms with van der Waals surface area (Å²) in [5.74, 6) is -3.28. The standard InChI is InChI=1S/C39H54N2O10SSi/c1-29(42)51-41-30(26-39(35(41)45,36(2,3)4)40-33(43)20-21-34(40)44)27-48-24-25-52(46,47)49-28-38(8,9)22-23-50-53(37(5,6)7,31-16-12-10-13-17-31)32-18-14-11-15-19-32/h10-21,30H,22-28H2,1-9H3/t30-,39+/m0/s1. The van der Waals surface area contributed by atoms with Crippen LogP contribution in [0.1, 0.15) is 75.2 Å². The Bertz CT molecular complexity index is 1730. The molecular formula is C39H54N2O10SSi. The van der Waals surface area contributed by atoms with Gasteiger partial charge in [0.25, 0.3) is 36.2 Å². The Labute approximate surface area is 315 Å². The molecule has 2 aromatic carbocycles. The molecule has 53 heavy (non-hydrogen) atoms. The molecule has 0 spiro atoms. The number of imide groups is 1. The monoisotopic (exact) mass is 770 g/mol. The first-order valence-electron chi connectivity index (χ1n) is 17.9. The van der Waals surface area contributed by atoms with Crippen LogP contribution in [0, 0.1) is 10.8 Å². The van der Waals surface area contributed by atoms with E-state index in [4.69, 9.17) is 18.2 Å². The van der Waals surface area contributed by atoms with E-state index in [-0.39, 0.29) is 31.3 Å². The fourth-order valence-corrected chi connectivity index (χ4v) is 12.7. The quantitative estimate of drug-likeness (QED) is 0.106. The number of carbonyl (C=O) groups is 4. The molecule has 2 aromatic rings. The Kier molecular flexibility index (Phi) is 12.7. The maximum atomic E-state index is 13.9. The van der Waals surface area contributed by atoms with Gasteiger partial charge >= 0.3 is 5.97 Å². The third-order valence-corrected chi connectivity index (χ3v) is 16.2. The Balaban J connectivity index is 1.37. The summed E-state index contributed by atoms with van der Waals surface area (Å²) in [4.78, 5) is 57.6. The molecule has 14 heteroatoms. The highest BCUT2D eigenvalue weighted by Crippen LogP contribution is 2.47. The van der Waals surface area contributed by atoms with Gasteiger partial charge in [0, 0.05) is 32.1 Å². The van der Waals surface area contributed by atoms with Crippen molar-refractivity contribution in [2.45, 2.75) is 91.8 Å². The summed E-state index contributed by atoms with van der Waals surface area (Å²) in [6, 6.07) is 19.7. The van der Waals surface area contributed by atoms with E-state index in [0.29, 0.717) is 13.0 Å². The van der Waals surface area contributed by atoms with Crippen molar-refractivity contribution in [3.05, 3.63) is 72.8 Å². The third kappa shape index (κ3) is 9.00. The van der Waals surface area contributed by atoms with Gasteiger partial charge in [-0.15, -0.1) is 0 Å². The summed E-state index contributed by atoms with van der Waals surface area (Å²) in [5, 5.41) is 2.96. The van der Waals surface area contributed by atoms with Gasteiger partial charge in [0.15, 0.2) is 0 Å². The maximum Gasteiger partial charge on any atom is 0.329 e. The van der Waals surface area contributed by atoms with Gasteiger partial charge in [-0.1, -0.05) is 116 Å². The molecule has 1 fully saturated rings. The fraction of sp³-hybridized carbons (Fsp3) is 0.538. The van der Waals surface area contributed by atoms with Gasteiger partial charge in [0.05, 0.1) is 31.6 Å². The zero-order chi connectivity index (χ0) is 39.5. The second-order valence-corrected chi connectivity index (χ2v) is 22.6. The minimum atomic E-state index is -4.02. The first kappa shape index (κ1) is 42.1. The summed E-state index contributed by atoms with van der Waals surface area (Å²) in [6.07, 6.45) is 2.64. The van der Waals surface area contributed by atoms with Crippen LogP contribution >= 0.6 is 0 Å². The fourth-order valence-electron chi connectivity index (χ4n) is 7.17. The second-order valence-electron chi connectivity index (χ2n) is 16.6. The van der Waals surface area contributed by atoms with Gasteiger partial charge < -0.3 is 14.0 Å². The highest BCUT2D eigenvalue weighted by atomic mass is 32.2. The lowest BCUT2D eigenvalue weighted by molar-refractivity contribution is -0.205. The molecule has 2 heterocycles. The summed E-state index contributed by atoms with van der Waals surface area (Å²) < 4.78 is 44.2. The van der Waals surface area contributed by atoms with Crippen molar-refractivity contribution in [3.63, 3.8) is 0 Å². The van der Waals surface area contributed by atoms with E-state index in [1.807, 2.05) is 50.2 Å².